The van der Waals surface area contributed by atoms with Gasteiger partial charge in [-0.25, -0.2) is 0 Å². The molecule has 0 saturated heterocycles. The Kier molecular flexibility index (Phi) is 3.03. The molecule has 2 nitrogen and oxygen atoms in total. The quantitative estimate of drug-likeness (QED) is 0.655. The van der Waals surface area contributed by atoms with Crippen molar-refractivity contribution in [2.24, 2.45) is 17.3 Å². The molecule has 78 valence electrons. The van der Waals surface area contributed by atoms with Gasteiger partial charge in [-0.05, 0) is 30.1 Å². The Balaban J connectivity index is 2.72. The molecule has 0 aromatic heterocycles. The van der Waals surface area contributed by atoms with Gasteiger partial charge < -0.3 is 10.2 Å². The molecule has 0 aromatic carbocycles. The Morgan fingerprint density at radius 2 is 1.69 bits per heavy atom. The van der Waals surface area contributed by atoms with Crippen molar-refractivity contribution in [3.8, 4) is 0 Å². The van der Waals surface area contributed by atoms with Crippen LogP contribution in [0.5, 0.6) is 0 Å². The summed E-state index contributed by atoms with van der Waals surface area (Å²) in [5.74, 6) is 0.697. The van der Waals surface area contributed by atoms with E-state index in [1.165, 1.54) is 0 Å². The van der Waals surface area contributed by atoms with Crippen LogP contribution in [0.2, 0.25) is 0 Å². The summed E-state index contributed by atoms with van der Waals surface area (Å²) in [6.07, 6.45) is 0.685. The molecule has 3 unspecified atom stereocenters. The second-order valence-electron chi connectivity index (χ2n) is 5.54. The molecule has 1 fully saturated rings. The zero-order valence-corrected chi connectivity index (χ0v) is 9.12. The number of rotatable bonds is 1. The maximum Gasteiger partial charge on any atom is 0.0830 e. The van der Waals surface area contributed by atoms with E-state index < -0.39 is 12.2 Å². The molecule has 0 radical (unpaired) electrons. The third kappa shape index (κ3) is 2.44. The van der Waals surface area contributed by atoms with E-state index >= 15 is 0 Å². The van der Waals surface area contributed by atoms with Gasteiger partial charge in [0.05, 0.1) is 12.2 Å². The van der Waals surface area contributed by atoms with Crippen LogP contribution in [0.3, 0.4) is 0 Å². The van der Waals surface area contributed by atoms with E-state index in [4.69, 9.17) is 0 Å². The standard InChI is InChI=1S/C11H22O2/c1-7(2)8-5-11(3,4)6-9(12)10(8)13/h7-10,12-13H,5-6H2,1-4H3. The minimum absolute atomic E-state index is 0.174. The summed E-state index contributed by atoms with van der Waals surface area (Å²) in [5.41, 5.74) is 0.174. The van der Waals surface area contributed by atoms with Crippen LogP contribution in [0.1, 0.15) is 40.5 Å². The van der Waals surface area contributed by atoms with Gasteiger partial charge in [0.1, 0.15) is 0 Å². The minimum Gasteiger partial charge on any atom is -0.390 e. The average molecular weight is 186 g/mol. The van der Waals surface area contributed by atoms with Crippen LogP contribution in [0.25, 0.3) is 0 Å². The molecule has 2 heteroatoms. The highest BCUT2D eigenvalue weighted by molar-refractivity contribution is 4.91. The van der Waals surface area contributed by atoms with Crippen molar-refractivity contribution in [1.82, 2.24) is 0 Å². The molecule has 0 aliphatic heterocycles. The van der Waals surface area contributed by atoms with Gasteiger partial charge in [0, 0.05) is 0 Å². The van der Waals surface area contributed by atoms with Gasteiger partial charge in [-0.2, -0.15) is 0 Å². The van der Waals surface area contributed by atoms with Crippen molar-refractivity contribution in [3.05, 3.63) is 0 Å². The fourth-order valence-corrected chi connectivity index (χ4v) is 2.44. The maximum absolute atomic E-state index is 9.79. The molecule has 13 heavy (non-hydrogen) atoms. The third-order valence-electron chi connectivity index (χ3n) is 3.24. The zero-order valence-electron chi connectivity index (χ0n) is 9.12. The highest BCUT2D eigenvalue weighted by Gasteiger charge is 2.40. The summed E-state index contributed by atoms with van der Waals surface area (Å²) < 4.78 is 0. The number of hydrogen-bond donors (Lipinski definition) is 2. The smallest absolute Gasteiger partial charge is 0.0830 e. The second-order valence-corrected chi connectivity index (χ2v) is 5.54. The van der Waals surface area contributed by atoms with E-state index in [9.17, 15) is 10.2 Å². The van der Waals surface area contributed by atoms with E-state index in [1.54, 1.807) is 0 Å². The summed E-state index contributed by atoms with van der Waals surface area (Å²) in [5, 5.41) is 19.5. The first-order valence-corrected chi connectivity index (χ1v) is 5.19. The van der Waals surface area contributed by atoms with Crippen molar-refractivity contribution in [2.75, 3.05) is 0 Å². The van der Waals surface area contributed by atoms with Crippen molar-refractivity contribution in [2.45, 2.75) is 52.7 Å². The average Bonchev–Trinajstić information content (AvgIpc) is 1.95. The monoisotopic (exact) mass is 186 g/mol. The maximum atomic E-state index is 9.79. The van der Waals surface area contributed by atoms with Crippen LogP contribution in [-0.2, 0) is 0 Å². The SMILES string of the molecule is CC(C)C1CC(C)(C)CC(O)C1O. The number of hydrogen-bond acceptors (Lipinski definition) is 2. The Morgan fingerprint density at radius 3 is 2.15 bits per heavy atom. The van der Waals surface area contributed by atoms with Gasteiger partial charge in [0.15, 0.2) is 0 Å². The summed E-state index contributed by atoms with van der Waals surface area (Å²) in [4.78, 5) is 0. The largest absolute Gasteiger partial charge is 0.390 e. The third-order valence-corrected chi connectivity index (χ3v) is 3.24. The van der Waals surface area contributed by atoms with Gasteiger partial charge in [-0.1, -0.05) is 27.7 Å². The number of aliphatic hydroxyl groups excluding tert-OH is 2. The first kappa shape index (κ1) is 11.0. The lowest BCUT2D eigenvalue weighted by Crippen LogP contribution is -2.45. The molecule has 0 aromatic rings. The molecule has 0 bridgehead atoms. The summed E-state index contributed by atoms with van der Waals surface area (Å²) in [6, 6.07) is 0. The zero-order chi connectivity index (χ0) is 10.2. The molecule has 3 atom stereocenters. The lowest BCUT2D eigenvalue weighted by molar-refractivity contribution is -0.0929. The topological polar surface area (TPSA) is 40.5 Å². The van der Waals surface area contributed by atoms with Crippen LogP contribution >= 0.6 is 0 Å². The van der Waals surface area contributed by atoms with E-state index in [1.807, 2.05) is 0 Å². The van der Waals surface area contributed by atoms with Crippen LogP contribution in [0, 0.1) is 17.3 Å². The Labute approximate surface area is 81.0 Å². The Hall–Kier alpha value is -0.0800. The fraction of sp³-hybridized carbons (Fsp3) is 1.00. The molecule has 1 rings (SSSR count). The van der Waals surface area contributed by atoms with Crippen molar-refractivity contribution in [1.29, 1.82) is 0 Å². The van der Waals surface area contributed by atoms with E-state index in [0.717, 1.165) is 12.8 Å². The second kappa shape index (κ2) is 3.58. The normalized spacial score (nSPS) is 39.5. The Morgan fingerprint density at radius 1 is 1.15 bits per heavy atom. The molecule has 1 saturated carbocycles. The van der Waals surface area contributed by atoms with Crippen molar-refractivity contribution in [3.63, 3.8) is 0 Å². The van der Waals surface area contributed by atoms with E-state index in [2.05, 4.69) is 27.7 Å². The van der Waals surface area contributed by atoms with E-state index in [0.29, 0.717) is 5.92 Å². The van der Waals surface area contributed by atoms with Crippen LogP contribution in [0.15, 0.2) is 0 Å². The van der Waals surface area contributed by atoms with Crippen LogP contribution in [0.4, 0.5) is 0 Å². The molecule has 1 aliphatic carbocycles. The minimum atomic E-state index is -0.531. The van der Waals surface area contributed by atoms with Gasteiger partial charge in [0.2, 0.25) is 0 Å². The fourth-order valence-electron chi connectivity index (χ4n) is 2.44. The summed E-state index contributed by atoms with van der Waals surface area (Å²) >= 11 is 0. The molecular weight excluding hydrogens is 164 g/mol. The summed E-state index contributed by atoms with van der Waals surface area (Å²) in [6.45, 7) is 8.55. The highest BCUT2D eigenvalue weighted by Crippen LogP contribution is 2.41. The lowest BCUT2D eigenvalue weighted by atomic mass is 9.66. The van der Waals surface area contributed by atoms with Crippen LogP contribution < -0.4 is 0 Å². The first-order valence-electron chi connectivity index (χ1n) is 5.19. The van der Waals surface area contributed by atoms with Crippen molar-refractivity contribution >= 4 is 0 Å². The van der Waals surface area contributed by atoms with Gasteiger partial charge in [-0.3, -0.25) is 0 Å². The molecule has 1 aliphatic rings. The van der Waals surface area contributed by atoms with Crippen LogP contribution in [-0.4, -0.2) is 22.4 Å². The lowest BCUT2D eigenvalue weighted by Gasteiger charge is -2.43. The van der Waals surface area contributed by atoms with E-state index in [-0.39, 0.29) is 11.3 Å². The van der Waals surface area contributed by atoms with Crippen molar-refractivity contribution < 1.29 is 10.2 Å². The predicted molar refractivity (Wildman–Crippen MR) is 53.4 cm³/mol. The predicted octanol–water partition coefficient (Wildman–Crippen LogP) is 1.80. The molecular formula is C11H22O2. The highest BCUT2D eigenvalue weighted by atomic mass is 16.3. The Bertz CT molecular complexity index is 175. The summed E-state index contributed by atoms with van der Waals surface area (Å²) in [7, 11) is 0. The van der Waals surface area contributed by atoms with Gasteiger partial charge in [-0.15, -0.1) is 0 Å². The van der Waals surface area contributed by atoms with Gasteiger partial charge in [0.25, 0.3) is 0 Å². The molecule has 2 N–H and O–H groups in total. The molecule has 0 heterocycles. The molecule has 0 spiro atoms. The first-order chi connectivity index (χ1) is 5.83. The molecule has 0 amide bonds. The number of aliphatic hydroxyl groups is 2. The van der Waals surface area contributed by atoms with Gasteiger partial charge >= 0.3 is 0 Å².